The zero-order valence-electron chi connectivity index (χ0n) is 8.88. The van der Waals surface area contributed by atoms with Gasteiger partial charge in [-0.15, -0.1) is 0 Å². The van der Waals surface area contributed by atoms with Crippen molar-refractivity contribution in [3.8, 4) is 0 Å². The van der Waals surface area contributed by atoms with Gasteiger partial charge in [-0.25, -0.2) is 0 Å². The van der Waals surface area contributed by atoms with E-state index in [1.807, 2.05) is 6.07 Å². The maximum absolute atomic E-state index is 5.82. The summed E-state index contributed by atoms with van der Waals surface area (Å²) in [5.41, 5.74) is 10.7. The van der Waals surface area contributed by atoms with Gasteiger partial charge < -0.3 is 15.6 Å². The molecule has 0 unspecified atom stereocenters. The van der Waals surface area contributed by atoms with Crippen LogP contribution in [0.1, 0.15) is 11.3 Å². The molecule has 0 bridgehead atoms. The van der Waals surface area contributed by atoms with E-state index in [4.69, 9.17) is 5.73 Å². The van der Waals surface area contributed by atoms with Crippen molar-refractivity contribution in [2.75, 3.05) is 19.3 Å². The predicted octanol–water partition coefficient (Wildman–Crippen LogP) is 1.74. The molecule has 1 aliphatic heterocycles. The average molecular weight is 201 g/mol. The number of hydrogen-bond acceptors (Lipinski definition) is 2. The van der Waals surface area contributed by atoms with Crippen LogP contribution in [-0.2, 0) is 13.0 Å². The van der Waals surface area contributed by atoms with Crippen LogP contribution in [0.5, 0.6) is 0 Å². The van der Waals surface area contributed by atoms with Crippen molar-refractivity contribution in [2.45, 2.75) is 13.0 Å². The van der Waals surface area contributed by atoms with E-state index >= 15 is 0 Å². The number of rotatable bonds is 0. The first-order chi connectivity index (χ1) is 7.24. The second-order valence-corrected chi connectivity index (χ2v) is 4.37. The van der Waals surface area contributed by atoms with Crippen molar-refractivity contribution in [3.05, 3.63) is 29.5 Å². The van der Waals surface area contributed by atoms with E-state index in [-0.39, 0.29) is 0 Å². The van der Waals surface area contributed by atoms with Gasteiger partial charge in [0.1, 0.15) is 0 Å². The Morgan fingerprint density at radius 1 is 1.40 bits per heavy atom. The van der Waals surface area contributed by atoms with E-state index in [0.717, 1.165) is 25.2 Å². The van der Waals surface area contributed by atoms with Crippen LogP contribution in [-0.4, -0.2) is 23.5 Å². The number of H-pyrrole nitrogens is 1. The van der Waals surface area contributed by atoms with E-state index in [9.17, 15) is 0 Å². The van der Waals surface area contributed by atoms with Gasteiger partial charge in [-0.1, -0.05) is 0 Å². The summed E-state index contributed by atoms with van der Waals surface area (Å²) in [4.78, 5) is 5.81. The Morgan fingerprint density at radius 2 is 2.27 bits per heavy atom. The molecule has 0 aliphatic carbocycles. The van der Waals surface area contributed by atoms with Crippen molar-refractivity contribution in [1.29, 1.82) is 0 Å². The third-order valence-corrected chi connectivity index (χ3v) is 3.19. The second-order valence-electron chi connectivity index (χ2n) is 4.37. The standard InChI is InChI=1S/C12H15N3/c1-15-5-4-9-10-6-8(13)2-3-11(10)14-12(9)7-15/h2-3,6,14H,4-5,7,13H2,1H3. The first kappa shape index (κ1) is 8.80. The van der Waals surface area contributed by atoms with Crippen LogP contribution in [0.3, 0.4) is 0 Å². The Morgan fingerprint density at radius 3 is 3.13 bits per heavy atom. The van der Waals surface area contributed by atoms with Crippen LogP contribution in [0.2, 0.25) is 0 Å². The van der Waals surface area contributed by atoms with Gasteiger partial charge in [-0.3, -0.25) is 0 Å². The Balaban J connectivity index is 2.24. The summed E-state index contributed by atoms with van der Waals surface area (Å²) >= 11 is 0. The number of nitrogen functional groups attached to an aromatic ring is 1. The van der Waals surface area contributed by atoms with Crippen molar-refractivity contribution >= 4 is 16.6 Å². The van der Waals surface area contributed by atoms with Crippen LogP contribution >= 0.6 is 0 Å². The van der Waals surface area contributed by atoms with Crippen LogP contribution in [0.4, 0.5) is 5.69 Å². The van der Waals surface area contributed by atoms with E-state index in [0.29, 0.717) is 0 Å². The highest BCUT2D eigenvalue weighted by atomic mass is 15.1. The fraction of sp³-hybridized carbons (Fsp3) is 0.333. The van der Waals surface area contributed by atoms with Crippen LogP contribution < -0.4 is 5.73 Å². The third kappa shape index (κ3) is 1.31. The maximum Gasteiger partial charge on any atom is 0.0460 e. The topological polar surface area (TPSA) is 45.0 Å². The molecule has 0 radical (unpaired) electrons. The number of fused-ring (bicyclic) bond motifs is 3. The molecular formula is C12H15N3. The Kier molecular flexibility index (Phi) is 1.76. The number of nitrogens with one attached hydrogen (secondary N) is 1. The molecule has 78 valence electrons. The molecule has 1 aromatic heterocycles. The first-order valence-electron chi connectivity index (χ1n) is 5.31. The molecule has 1 aliphatic rings. The van der Waals surface area contributed by atoms with Crippen LogP contribution in [0.25, 0.3) is 10.9 Å². The number of aromatic nitrogens is 1. The molecule has 15 heavy (non-hydrogen) atoms. The normalized spacial score (nSPS) is 16.9. The first-order valence-corrected chi connectivity index (χ1v) is 5.31. The fourth-order valence-corrected chi connectivity index (χ4v) is 2.39. The molecule has 0 saturated carbocycles. The lowest BCUT2D eigenvalue weighted by molar-refractivity contribution is 0.310. The van der Waals surface area contributed by atoms with Gasteiger partial charge in [-0.2, -0.15) is 0 Å². The number of nitrogens with zero attached hydrogens (tertiary/aromatic N) is 1. The van der Waals surface area contributed by atoms with Gasteiger partial charge in [0.05, 0.1) is 0 Å². The van der Waals surface area contributed by atoms with Crippen molar-refractivity contribution in [1.82, 2.24) is 9.88 Å². The number of hydrogen-bond donors (Lipinski definition) is 2. The lowest BCUT2D eigenvalue weighted by Crippen LogP contribution is -2.26. The van der Waals surface area contributed by atoms with E-state index in [1.165, 1.54) is 22.2 Å². The third-order valence-electron chi connectivity index (χ3n) is 3.19. The Hall–Kier alpha value is -1.48. The molecule has 0 atom stereocenters. The number of likely N-dealkylation sites (N-methyl/N-ethyl adjacent to an activating group) is 1. The predicted molar refractivity (Wildman–Crippen MR) is 62.7 cm³/mol. The average Bonchev–Trinajstić information content (AvgIpc) is 2.54. The van der Waals surface area contributed by atoms with Crippen molar-refractivity contribution in [3.63, 3.8) is 0 Å². The molecule has 0 amide bonds. The van der Waals surface area contributed by atoms with E-state index < -0.39 is 0 Å². The van der Waals surface area contributed by atoms with Crippen LogP contribution in [0, 0.1) is 0 Å². The quantitative estimate of drug-likeness (QED) is 0.638. The molecule has 0 saturated heterocycles. The highest BCUT2D eigenvalue weighted by Crippen LogP contribution is 2.28. The minimum Gasteiger partial charge on any atom is -0.399 e. The summed E-state index contributed by atoms with van der Waals surface area (Å²) in [5.74, 6) is 0. The molecule has 2 aromatic rings. The van der Waals surface area contributed by atoms with E-state index in [2.05, 4.69) is 29.1 Å². The summed E-state index contributed by atoms with van der Waals surface area (Å²) in [6, 6.07) is 6.10. The number of aromatic amines is 1. The fourth-order valence-electron chi connectivity index (χ4n) is 2.39. The molecular weight excluding hydrogens is 186 g/mol. The zero-order valence-corrected chi connectivity index (χ0v) is 8.88. The van der Waals surface area contributed by atoms with Crippen LogP contribution in [0.15, 0.2) is 18.2 Å². The largest absolute Gasteiger partial charge is 0.399 e. The number of anilines is 1. The Labute approximate surface area is 88.9 Å². The minimum atomic E-state index is 0.850. The lowest BCUT2D eigenvalue weighted by Gasteiger charge is -2.22. The van der Waals surface area contributed by atoms with Gasteiger partial charge in [0.25, 0.3) is 0 Å². The summed E-state index contributed by atoms with van der Waals surface area (Å²) in [6.45, 7) is 2.15. The lowest BCUT2D eigenvalue weighted by atomic mass is 10.0. The van der Waals surface area contributed by atoms with Gasteiger partial charge in [0, 0.05) is 35.4 Å². The zero-order chi connectivity index (χ0) is 10.4. The summed E-state index contributed by atoms with van der Waals surface area (Å²) in [6.07, 6.45) is 1.12. The van der Waals surface area contributed by atoms with Gasteiger partial charge in [0.15, 0.2) is 0 Å². The molecule has 3 rings (SSSR count). The summed E-state index contributed by atoms with van der Waals surface area (Å²) < 4.78 is 0. The molecule has 0 fully saturated rings. The molecule has 0 spiro atoms. The number of nitrogens with two attached hydrogens (primary N) is 1. The highest BCUT2D eigenvalue weighted by Gasteiger charge is 2.17. The summed E-state index contributed by atoms with van der Waals surface area (Å²) in [5, 5.41) is 1.30. The smallest absolute Gasteiger partial charge is 0.0460 e. The second kappa shape index (κ2) is 3.00. The van der Waals surface area contributed by atoms with Gasteiger partial charge in [-0.05, 0) is 37.2 Å². The van der Waals surface area contributed by atoms with Gasteiger partial charge >= 0.3 is 0 Å². The molecule has 3 N–H and O–H groups in total. The van der Waals surface area contributed by atoms with E-state index in [1.54, 1.807) is 0 Å². The molecule has 3 heteroatoms. The van der Waals surface area contributed by atoms with Gasteiger partial charge in [0.2, 0.25) is 0 Å². The maximum atomic E-state index is 5.82. The molecule has 1 aromatic carbocycles. The Bertz CT molecular complexity index is 513. The van der Waals surface area contributed by atoms with Crippen molar-refractivity contribution < 1.29 is 0 Å². The monoisotopic (exact) mass is 201 g/mol. The number of benzene rings is 1. The summed E-state index contributed by atoms with van der Waals surface area (Å²) in [7, 11) is 2.16. The SMILES string of the molecule is CN1CCc2c([nH]c3ccc(N)cc23)C1. The molecule has 3 nitrogen and oxygen atoms in total. The van der Waals surface area contributed by atoms with Crippen molar-refractivity contribution in [2.24, 2.45) is 0 Å². The minimum absolute atomic E-state index is 0.850. The molecule has 2 heterocycles. The highest BCUT2D eigenvalue weighted by molar-refractivity contribution is 5.87.